The van der Waals surface area contributed by atoms with Crippen molar-refractivity contribution in [2.75, 3.05) is 13.1 Å². The highest BCUT2D eigenvalue weighted by Crippen LogP contribution is 2.46. The largest absolute Gasteiger partial charge is 0.429 e. The van der Waals surface area contributed by atoms with Gasteiger partial charge in [0.1, 0.15) is 0 Å². The van der Waals surface area contributed by atoms with Gasteiger partial charge in [-0.25, -0.2) is 4.79 Å². The number of nitrogens with zero attached hydrogens (tertiary/aromatic N) is 1. The lowest BCUT2D eigenvalue weighted by molar-refractivity contribution is -0.270. The average Bonchev–Trinajstić information content (AvgIpc) is 3.23. The molecule has 3 saturated heterocycles. The van der Waals surface area contributed by atoms with Crippen molar-refractivity contribution in [2.45, 2.75) is 75.4 Å². The van der Waals surface area contributed by atoms with Crippen LogP contribution >= 0.6 is 0 Å². The van der Waals surface area contributed by atoms with Gasteiger partial charge in [0.2, 0.25) is 11.7 Å². The van der Waals surface area contributed by atoms with Crippen LogP contribution in [0.5, 0.6) is 0 Å². The SMILES string of the molecule is O=C(C[C@@H]1CC2(ON1)OC1(CCCCC1)OC2=O)N1CCCC1. The van der Waals surface area contributed by atoms with E-state index in [2.05, 4.69) is 5.48 Å². The van der Waals surface area contributed by atoms with Crippen LogP contribution in [0.25, 0.3) is 0 Å². The lowest BCUT2D eigenvalue weighted by Crippen LogP contribution is -2.39. The third-order valence-electron chi connectivity index (χ3n) is 5.34. The molecule has 0 bridgehead atoms. The van der Waals surface area contributed by atoms with Crippen LogP contribution in [0.3, 0.4) is 0 Å². The van der Waals surface area contributed by atoms with E-state index in [9.17, 15) is 9.59 Å². The van der Waals surface area contributed by atoms with Crippen molar-refractivity contribution in [1.82, 2.24) is 10.4 Å². The van der Waals surface area contributed by atoms with Gasteiger partial charge in [-0.2, -0.15) is 5.48 Å². The minimum Gasteiger partial charge on any atom is -0.429 e. The molecule has 0 aromatic carbocycles. The highest BCUT2D eigenvalue weighted by Gasteiger charge is 2.63. The summed E-state index contributed by atoms with van der Waals surface area (Å²) in [7, 11) is 0. The van der Waals surface area contributed by atoms with Crippen LogP contribution in [0.2, 0.25) is 0 Å². The Bertz CT molecular complexity index is 499. The second kappa shape index (κ2) is 5.72. The third-order valence-corrected chi connectivity index (χ3v) is 5.34. The van der Waals surface area contributed by atoms with Gasteiger partial charge in [0.15, 0.2) is 0 Å². The van der Waals surface area contributed by atoms with Gasteiger partial charge < -0.3 is 9.64 Å². The third kappa shape index (κ3) is 2.75. The summed E-state index contributed by atoms with van der Waals surface area (Å²) >= 11 is 0. The number of carbonyl (C=O) groups is 2. The van der Waals surface area contributed by atoms with Gasteiger partial charge in [-0.3, -0.25) is 14.4 Å². The minimum atomic E-state index is -1.37. The van der Waals surface area contributed by atoms with E-state index in [1.807, 2.05) is 4.90 Å². The first-order valence-electron chi connectivity index (χ1n) is 8.76. The molecule has 4 aliphatic rings. The fourth-order valence-corrected chi connectivity index (χ4v) is 4.10. The predicted molar refractivity (Wildman–Crippen MR) is 78.8 cm³/mol. The van der Waals surface area contributed by atoms with E-state index in [-0.39, 0.29) is 11.9 Å². The molecule has 4 rings (SSSR count). The van der Waals surface area contributed by atoms with Gasteiger partial charge in [0.05, 0.1) is 0 Å². The summed E-state index contributed by atoms with van der Waals surface area (Å²) in [6.45, 7) is 1.67. The molecule has 4 fully saturated rings. The zero-order valence-corrected chi connectivity index (χ0v) is 13.3. The highest BCUT2D eigenvalue weighted by atomic mass is 16.9. The number of hydrogen-bond donors (Lipinski definition) is 1. The molecular weight excluding hydrogens is 300 g/mol. The van der Waals surface area contributed by atoms with Crippen LogP contribution in [0.1, 0.15) is 57.8 Å². The van der Waals surface area contributed by atoms with E-state index >= 15 is 0 Å². The Kier molecular flexibility index (Phi) is 3.82. The van der Waals surface area contributed by atoms with Crippen molar-refractivity contribution in [3.05, 3.63) is 0 Å². The van der Waals surface area contributed by atoms with Crippen LogP contribution in [-0.2, 0) is 23.9 Å². The van der Waals surface area contributed by atoms with Crippen LogP contribution in [0, 0.1) is 0 Å². The van der Waals surface area contributed by atoms with E-state index in [1.54, 1.807) is 0 Å². The van der Waals surface area contributed by atoms with Crippen molar-refractivity contribution in [1.29, 1.82) is 0 Å². The number of likely N-dealkylation sites (tertiary alicyclic amines) is 1. The normalized spacial score (nSPS) is 36.1. The van der Waals surface area contributed by atoms with Crippen molar-refractivity contribution in [2.24, 2.45) is 0 Å². The van der Waals surface area contributed by atoms with Gasteiger partial charge in [0, 0.05) is 44.8 Å². The first kappa shape index (κ1) is 15.4. The summed E-state index contributed by atoms with van der Waals surface area (Å²) in [5, 5.41) is 0. The molecule has 3 heterocycles. The van der Waals surface area contributed by atoms with Gasteiger partial charge >= 0.3 is 5.97 Å². The van der Waals surface area contributed by atoms with Crippen molar-refractivity contribution < 1.29 is 23.9 Å². The summed E-state index contributed by atoms with van der Waals surface area (Å²) < 4.78 is 11.6. The molecule has 7 heteroatoms. The zero-order valence-electron chi connectivity index (χ0n) is 13.3. The molecule has 1 N–H and O–H groups in total. The Labute approximate surface area is 135 Å². The summed E-state index contributed by atoms with van der Waals surface area (Å²) in [5.41, 5.74) is 2.82. The maximum Gasteiger partial charge on any atom is 0.371 e. The lowest BCUT2D eigenvalue weighted by atomic mass is 9.94. The highest BCUT2D eigenvalue weighted by molar-refractivity contribution is 5.81. The maximum atomic E-state index is 12.4. The molecule has 0 radical (unpaired) electrons. The topological polar surface area (TPSA) is 77.1 Å². The van der Waals surface area contributed by atoms with Crippen LogP contribution in [0.4, 0.5) is 0 Å². The molecule has 2 spiro atoms. The van der Waals surface area contributed by atoms with Crippen molar-refractivity contribution in [3.63, 3.8) is 0 Å². The second-order valence-corrected chi connectivity index (χ2v) is 7.13. The molecule has 1 saturated carbocycles. The number of carbonyl (C=O) groups excluding carboxylic acids is 2. The van der Waals surface area contributed by atoms with Gasteiger partial charge in [-0.1, -0.05) is 6.42 Å². The fourth-order valence-electron chi connectivity index (χ4n) is 4.10. The van der Waals surface area contributed by atoms with E-state index in [1.165, 1.54) is 0 Å². The molecule has 1 aliphatic carbocycles. The first-order valence-corrected chi connectivity index (χ1v) is 8.76. The van der Waals surface area contributed by atoms with Gasteiger partial charge in [-0.05, 0) is 25.7 Å². The summed E-state index contributed by atoms with van der Waals surface area (Å²) in [6.07, 6.45) is 7.37. The molecule has 3 aliphatic heterocycles. The van der Waals surface area contributed by atoms with E-state index < -0.39 is 17.5 Å². The van der Waals surface area contributed by atoms with Crippen molar-refractivity contribution >= 4 is 11.9 Å². The summed E-state index contributed by atoms with van der Waals surface area (Å²) in [6, 6.07) is -0.214. The fraction of sp³-hybridized carbons (Fsp3) is 0.875. The predicted octanol–water partition coefficient (Wildman–Crippen LogP) is 1.22. The molecule has 23 heavy (non-hydrogen) atoms. The maximum absolute atomic E-state index is 12.4. The number of nitrogens with one attached hydrogen (secondary N) is 1. The van der Waals surface area contributed by atoms with Crippen LogP contribution in [0.15, 0.2) is 0 Å². The molecule has 7 nitrogen and oxygen atoms in total. The van der Waals surface area contributed by atoms with Gasteiger partial charge in [0.25, 0.3) is 5.79 Å². The standard InChI is InChI=1S/C16H24N2O5/c19-13(18-8-4-5-9-18)10-12-11-16(23-17-12)14(20)21-15(22-16)6-2-1-3-7-15/h12,17H,1-11H2/t12-,16?/m1/s1. The number of hydrogen-bond acceptors (Lipinski definition) is 6. The first-order chi connectivity index (χ1) is 11.1. The Morgan fingerprint density at radius 1 is 1.17 bits per heavy atom. The molecule has 1 amide bonds. The minimum absolute atomic E-state index is 0.111. The number of hydroxylamine groups is 1. The van der Waals surface area contributed by atoms with Crippen LogP contribution in [-0.4, -0.2) is 47.5 Å². The zero-order chi connectivity index (χ0) is 15.9. The number of ether oxygens (including phenoxy) is 2. The van der Waals surface area contributed by atoms with E-state index in [0.29, 0.717) is 12.8 Å². The summed E-state index contributed by atoms with van der Waals surface area (Å²) in [5.74, 6) is -2.53. The van der Waals surface area contributed by atoms with E-state index in [0.717, 1.165) is 58.0 Å². The Hall–Kier alpha value is -1.18. The van der Waals surface area contributed by atoms with Crippen molar-refractivity contribution in [3.8, 4) is 0 Å². The number of rotatable bonds is 2. The molecule has 0 aromatic rings. The smallest absolute Gasteiger partial charge is 0.371 e. The van der Waals surface area contributed by atoms with E-state index in [4.69, 9.17) is 14.3 Å². The molecular formula is C16H24N2O5. The lowest BCUT2D eigenvalue weighted by Gasteiger charge is -2.31. The Morgan fingerprint density at radius 3 is 2.65 bits per heavy atom. The monoisotopic (exact) mass is 324 g/mol. The molecule has 128 valence electrons. The molecule has 2 atom stereocenters. The molecule has 1 unspecified atom stereocenters. The summed E-state index contributed by atoms with van der Waals surface area (Å²) in [4.78, 5) is 32.0. The van der Waals surface area contributed by atoms with Gasteiger partial charge in [-0.15, -0.1) is 0 Å². The second-order valence-electron chi connectivity index (χ2n) is 7.13. The number of esters is 1. The quantitative estimate of drug-likeness (QED) is 0.770. The Morgan fingerprint density at radius 2 is 1.91 bits per heavy atom. The average molecular weight is 324 g/mol. The van der Waals surface area contributed by atoms with Crippen LogP contribution < -0.4 is 5.48 Å². The Balaban J connectivity index is 1.39. The molecule has 0 aromatic heterocycles. The number of amides is 1.